The second kappa shape index (κ2) is 6.43. The zero-order valence-corrected chi connectivity index (χ0v) is 13.9. The molecule has 7 heteroatoms. The van der Waals surface area contributed by atoms with Crippen LogP contribution < -0.4 is 4.72 Å². The van der Waals surface area contributed by atoms with Crippen LogP contribution in [0.15, 0.2) is 35.2 Å². The van der Waals surface area contributed by atoms with Gasteiger partial charge in [0, 0.05) is 24.7 Å². The predicted molar refractivity (Wildman–Crippen MR) is 86.6 cm³/mol. The molecule has 0 saturated heterocycles. The molecule has 2 N–H and O–H groups in total. The molecule has 1 aliphatic rings. The molecule has 124 valence electrons. The van der Waals surface area contributed by atoms with E-state index >= 15 is 0 Å². The molecular formula is C16H21N3O3S. The van der Waals surface area contributed by atoms with Crippen molar-refractivity contribution < 1.29 is 13.5 Å². The molecule has 0 saturated carbocycles. The summed E-state index contributed by atoms with van der Waals surface area (Å²) in [5, 5.41) is 9.15. The van der Waals surface area contributed by atoms with Crippen molar-refractivity contribution >= 4 is 10.0 Å². The Bertz CT molecular complexity index is 784. The molecule has 0 fully saturated rings. The predicted octanol–water partition coefficient (Wildman–Crippen LogP) is 1.02. The fourth-order valence-corrected chi connectivity index (χ4v) is 4.44. The first kappa shape index (κ1) is 16.2. The Hall–Kier alpha value is -1.70. The standard InChI is InChI=1S/C16H21N3O3S/c1-12-17-15-11-13(7-8-16(15)19(12)9-10-20)18-23(21,22)14-5-3-2-4-6-14/h2-6,13,18,20H,7-11H2,1H3. The highest BCUT2D eigenvalue weighted by atomic mass is 32.2. The van der Waals surface area contributed by atoms with E-state index in [2.05, 4.69) is 9.71 Å². The number of hydrogen-bond donors (Lipinski definition) is 2. The van der Waals surface area contributed by atoms with Gasteiger partial charge in [-0.3, -0.25) is 0 Å². The summed E-state index contributed by atoms with van der Waals surface area (Å²) in [5.41, 5.74) is 2.05. The molecule has 2 aromatic rings. The van der Waals surface area contributed by atoms with Crippen LogP contribution in [0, 0.1) is 6.92 Å². The number of sulfonamides is 1. The van der Waals surface area contributed by atoms with E-state index in [9.17, 15) is 8.42 Å². The van der Waals surface area contributed by atoms with E-state index in [-0.39, 0.29) is 17.5 Å². The fourth-order valence-electron chi connectivity index (χ4n) is 3.14. The summed E-state index contributed by atoms with van der Waals surface area (Å²) in [7, 11) is -3.50. The van der Waals surface area contributed by atoms with E-state index in [0.29, 0.717) is 13.0 Å². The van der Waals surface area contributed by atoms with Crippen LogP contribution in [0.2, 0.25) is 0 Å². The lowest BCUT2D eigenvalue weighted by molar-refractivity contribution is 0.272. The Balaban J connectivity index is 1.77. The number of aliphatic hydroxyl groups is 1. The van der Waals surface area contributed by atoms with E-state index in [4.69, 9.17) is 5.11 Å². The first-order valence-electron chi connectivity index (χ1n) is 7.74. The van der Waals surface area contributed by atoms with Gasteiger partial charge in [-0.2, -0.15) is 0 Å². The monoisotopic (exact) mass is 335 g/mol. The maximum atomic E-state index is 12.4. The van der Waals surface area contributed by atoms with Crippen molar-refractivity contribution in [3.63, 3.8) is 0 Å². The molecule has 0 spiro atoms. The topological polar surface area (TPSA) is 84.2 Å². The van der Waals surface area contributed by atoms with Crippen LogP contribution in [-0.4, -0.2) is 35.7 Å². The third-order valence-electron chi connectivity index (χ3n) is 4.21. The van der Waals surface area contributed by atoms with Crippen molar-refractivity contribution in [3.8, 4) is 0 Å². The average Bonchev–Trinajstić information content (AvgIpc) is 2.83. The molecule has 0 radical (unpaired) electrons. The number of fused-ring (bicyclic) bond motifs is 1. The van der Waals surface area contributed by atoms with Crippen molar-refractivity contribution in [3.05, 3.63) is 47.5 Å². The number of rotatable bonds is 5. The van der Waals surface area contributed by atoms with E-state index in [1.165, 1.54) is 0 Å². The van der Waals surface area contributed by atoms with Crippen LogP contribution in [0.25, 0.3) is 0 Å². The van der Waals surface area contributed by atoms with Gasteiger partial charge in [-0.15, -0.1) is 0 Å². The van der Waals surface area contributed by atoms with Crippen molar-refractivity contribution in [2.45, 2.75) is 43.7 Å². The minimum atomic E-state index is -3.50. The fraction of sp³-hybridized carbons (Fsp3) is 0.438. The van der Waals surface area contributed by atoms with Gasteiger partial charge < -0.3 is 9.67 Å². The Morgan fingerprint density at radius 2 is 2.09 bits per heavy atom. The van der Waals surface area contributed by atoms with Gasteiger partial charge in [-0.25, -0.2) is 18.1 Å². The summed E-state index contributed by atoms with van der Waals surface area (Å²) in [6.45, 7) is 2.53. The number of benzene rings is 1. The molecule has 0 amide bonds. The molecule has 1 aromatic heterocycles. The molecule has 6 nitrogen and oxygen atoms in total. The maximum absolute atomic E-state index is 12.4. The number of aromatic nitrogens is 2. The van der Waals surface area contributed by atoms with Gasteiger partial charge in [-0.05, 0) is 31.9 Å². The number of imidazole rings is 1. The Morgan fingerprint density at radius 1 is 1.35 bits per heavy atom. The normalized spacial score (nSPS) is 17.9. The number of aryl methyl sites for hydroxylation is 1. The van der Waals surface area contributed by atoms with E-state index in [1.54, 1.807) is 30.3 Å². The zero-order chi connectivity index (χ0) is 16.4. The summed E-state index contributed by atoms with van der Waals surface area (Å²) >= 11 is 0. The highest BCUT2D eigenvalue weighted by Gasteiger charge is 2.27. The third kappa shape index (κ3) is 3.31. The zero-order valence-electron chi connectivity index (χ0n) is 13.1. The molecule has 1 unspecified atom stereocenters. The second-order valence-corrected chi connectivity index (χ2v) is 7.52. The first-order chi connectivity index (χ1) is 11.0. The van der Waals surface area contributed by atoms with Gasteiger partial charge in [0.25, 0.3) is 0 Å². The third-order valence-corrected chi connectivity index (χ3v) is 5.75. The summed E-state index contributed by atoms with van der Waals surface area (Å²) in [6.07, 6.45) is 2.08. The van der Waals surface area contributed by atoms with Gasteiger partial charge >= 0.3 is 0 Å². The van der Waals surface area contributed by atoms with Gasteiger partial charge in [0.1, 0.15) is 5.82 Å². The Morgan fingerprint density at radius 3 is 2.78 bits per heavy atom. The number of nitrogens with zero attached hydrogens (tertiary/aromatic N) is 2. The van der Waals surface area contributed by atoms with Gasteiger partial charge in [0.2, 0.25) is 10.0 Å². The number of hydrogen-bond acceptors (Lipinski definition) is 4. The number of nitrogens with one attached hydrogen (secondary N) is 1. The quantitative estimate of drug-likeness (QED) is 0.854. The molecular weight excluding hydrogens is 314 g/mol. The van der Waals surface area contributed by atoms with Crippen molar-refractivity contribution in [2.24, 2.45) is 0 Å². The van der Waals surface area contributed by atoms with Gasteiger partial charge in [-0.1, -0.05) is 18.2 Å². The minimum absolute atomic E-state index is 0.0771. The Labute approximate surface area is 136 Å². The SMILES string of the molecule is Cc1nc2c(n1CCO)CCC(NS(=O)(=O)c1ccccc1)C2. The summed E-state index contributed by atoms with van der Waals surface area (Å²) < 4.78 is 29.6. The van der Waals surface area contributed by atoms with Crippen molar-refractivity contribution in [2.75, 3.05) is 6.61 Å². The largest absolute Gasteiger partial charge is 0.395 e. The molecule has 3 rings (SSSR count). The smallest absolute Gasteiger partial charge is 0.240 e. The van der Waals surface area contributed by atoms with E-state index in [1.807, 2.05) is 11.5 Å². The molecule has 1 aliphatic carbocycles. The molecule has 1 aromatic carbocycles. The van der Waals surface area contributed by atoms with Crippen LogP contribution in [0.4, 0.5) is 0 Å². The van der Waals surface area contributed by atoms with Gasteiger partial charge in [0.15, 0.2) is 0 Å². The van der Waals surface area contributed by atoms with E-state index in [0.717, 1.165) is 30.1 Å². The molecule has 23 heavy (non-hydrogen) atoms. The van der Waals surface area contributed by atoms with Crippen LogP contribution >= 0.6 is 0 Å². The lowest BCUT2D eigenvalue weighted by Crippen LogP contribution is -2.39. The number of aliphatic hydroxyl groups excluding tert-OH is 1. The van der Waals surface area contributed by atoms with Crippen molar-refractivity contribution in [1.82, 2.24) is 14.3 Å². The summed E-state index contributed by atoms with van der Waals surface area (Å²) in [6, 6.07) is 8.26. The van der Waals surface area contributed by atoms with Crippen molar-refractivity contribution in [1.29, 1.82) is 0 Å². The van der Waals surface area contributed by atoms with Crippen LogP contribution in [-0.2, 0) is 29.4 Å². The molecule has 1 heterocycles. The first-order valence-corrected chi connectivity index (χ1v) is 9.22. The van der Waals surface area contributed by atoms with Crippen LogP contribution in [0.1, 0.15) is 23.6 Å². The maximum Gasteiger partial charge on any atom is 0.240 e. The lowest BCUT2D eigenvalue weighted by Gasteiger charge is -2.23. The average molecular weight is 335 g/mol. The molecule has 0 aliphatic heterocycles. The van der Waals surface area contributed by atoms with Gasteiger partial charge in [0.05, 0.1) is 17.2 Å². The van der Waals surface area contributed by atoms with E-state index < -0.39 is 10.0 Å². The highest BCUT2D eigenvalue weighted by Crippen LogP contribution is 2.23. The lowest BCUT2D eigenvalue weighted by atomic mass is 9.97. The highest BCUT2D eigenvalue weighted by molar-refractivity contribution is 7.89. The van der Waals surface area contributed by atoms with Crippen LogP contribution in [0.3, 0.4) is 0 Å². The summed E-state index contributed by atoms with van der Waals surface area (Å²) in [4.78, 5) is 4.82. The Kier molecular flexibility index (Phi) is 4.52. The van der Waals surface area contributed by atoms with Crippen LogP contribution in [0.5, 0.6) is 0 Å². The summed E-state index contributed by atoms with van der Waals surface area (Å²) in [5.74, 6) is 0.871. The minimum Gasteiger partial charge on any atom is -0.395 e. The molecule has 1 atom stereocenters. The second-order valence-electron chi connectivity index (χ2n) is 5.80. The molecule has 0 bridgehead atoms.